The van der Waals surface area contributed by atoms with Gasteiger partial charge in [0.15, 0.2) is 18.2 Å². The van der Waals surface area contributed by atoms with Crippen molar-refractivity contribution in [3.63, 3.8) is 0 Å². The molecule has 4 heterocycles. The summed E-state index contributed by atoms with van der Waals surface area (Å²) in [6.07, 6.45) is 3.59. The van der Waals surface area contributed by atoms with E-state index in [0.29, 0.717) is 24.4 Å². The highest BCUT2D eigenvalue weighted by atomic mass is 79.9. The van der Waals surface area contributed by atoms with Gasteiger partial charge in [0.25, 0.3) is 0 Å². The van der Waals surface area contributed by atoms with E-state index in [0.717, 1.165) is 24.6 Å². The summed E-state index contributed by atoms with van der Waals surface area (Å²) < 4.78 is 18.5. The lowest BCUT2D eigenvalue weighted by Gasteiger charge is -2.60. The summed E-state index contributed by atoms with van der Waals surface area (Å²) in [7, 11) is 0. The molecule has 5 aliphatic rings. The van der Waals surface area contributed by atoms with Gasteiger partial charge in [-0.3, -0.25) is 0 Å². The Morgan fingerprint density at radius 2 is 1.96 bits per heavy atom. The quantitative estimate of drug-likeness (QED) is 0.544. The van der Waals surface area contributed by atoms with E-state index in [1.165, 1.54) is 6.42 Å². The van der Waals surface area contributed by atoms with E-state index in [2.05, 4.69) is 29.8 Å². The van der Waals surface area contributed by atoms with Crippen LogP contribution in [0.2, 0.25) is 0 Å². The van der Waals surface area contributed by atoms with E-state index in [9.17, 15) is 0 Å². The molecule has 1 spiro atoms. The first-order valence-corrected chi connectivity index (χ1v) is 10.00. The monoisotopic (exact) mass is 390 g/mol. The predicted octanol–water partition coefficient (Wildman–Crippen LogP) is 3.61. The second-order valence-corrected chi connectivity index (χ2v) is 8.63. The molecule has 5 fully saturated rings. The van der Waals surface area contributed by atoms with Crippen molar-refractivity contribution in [2.45, 2.75) is 70.4 Å². The van der Waals surface area contributed by atoms with Crippen LogP contribution in [0.4, 0.5) is 0 Å². The van der Waals surface area contributed by atoms with Gasteiger partial charge in [-0.1, -0.05) is 29.8 Å². The van der Waals surface area contributed by atoms with Crippen LogP contribution in [0.25, 0.3) is 0 Å². The summed E-state index contributed by atoms with van der Waals surface area (Å²) in [5, 5.41) is 0.803. The van der Waals surface area contributed by atoms with Crippen LogP contribution in [0.15, 0.2) is 0 Å². The van der Waals surface area contributed by atoms with E-state index in [1.54, 1.807) is 0 Å². The molecule has 132 valence electrons. The Morgan fingerprint density at radius 1 is 1.13 bits per heavy atom. The van der Waals surface area contributed by atoms with Crippen molar-refractivity contribution < 1.29 is 24.0 Å². The average Bonchev–Trinajstić information content (AvgIpc) is 2.76. The van der Waals surface area contributed by atoms with E-state index < -0.39 is 17.7 Å². The molecule has 4 saturated heterocycles. The Hall–Kier alpha value is 0.280. The van der Waals surface area contributed by atoms with Gasteiger partial charge in [0.05, 0.1) is 6.61 Å². The lowest BCUT2D eigenvalue weighted by molar-refractivity contribution is -0.577. The molecule has 2 bridgehead atoms. The third kappa shape index (κ3) is 2.44. The van der Waals surface area contributed by atoms with Gasteiger partial charge >= 0.3 is 0 Å². The summed E-state index contributed by atoms with van der Waals surface area (Å²) in [6, 6.07) is 0. The van der Waals surface area contributed by atoms with Gasteiger partial charge in [0.1, 0.15) is 0 Å². The SMILES string of the molecule is C[C@H]1C(OCCBr)OC2OC3(C)CCC4[C@H](C)CCC1[C@@]24OO3. The van der Waals surface area contributed by atoms with Crippen molar-refractivity contribution in [2.75, 3.05) is 11.9 Å². The maximum absolute atomic E-state index is 6.29. The maximum atomic E-state index is 6.29. The van der Waals surface area contributed by atoms with E-state index in [4.69, 9.17) is 24.0 Å². The number of fused-ring (bicyclic) bond motifs is 2. The largest absolute Gasteiger partial charge is 0.351 e. The summed E-state index contributed by atoms with van der Waals surface area (Å²) in [5.41, 5.74) is -0.485. The molecule has 5 nitrogen and oxygen atoms in total. The van der Waals surface area contributed by atoms with Gasteiger partial charge in [-0.05, 0) is 38.0 Å². The number of ether oxygens (including phenoxy) is 3. The van der Waals surface area contributed by atoms with Crippen LogP contribution in [0.5, 0.6) is 0 Å². The molecule has 4 aliphatic heterocycles. The normalized spacial score (nSPS) is 55.3. The molecule has 0 amide bonds. The Kier molecular flexibility index (Phi) is 4.31. The highest BCUT2D eigenvalue weighted by Crippen LogP contribution is 2.60. The minimum atomic E-state index is -0.710. The first-order chi connectivity index (χ1) is 11.0. The van der Waals surface area contributed by atoms with Gasteiger partial charge in [-0.15, -0.1) is 0 Å². The maximum Gasteiger partial charge on any atom is 0.201 e. The topological polar surface area (TPSA) is 46.2 Å². The van der Waals surface area contributed by atoms with Crippen molar-refractivity contribution in [1.29, 1.82) is 0 Å². The predicted molar refractivity (Wildman–Crippen MR) is 86.6 cm³/mol. The second kappa shape index (κ2) is 5.92. The zero-order chi connectivity index (χ0) is 16.2. The van der Waals surface area contributed by atoms with Crippen LogP contribution < -0.4 is 0 Å². The average molecular weight is 391 g/mol. The smallest absolute Gasteiger partial charge is 0.201 e. The van der Waals surface area contributed by atoms with Gasteiger partial charge in [-0.2, -0.15) is 0 Å². The van der Waals surface area contributed by atoms with E-state index in [1.807, 2.05) is 6.92 Å². The third-order valence-corrected chi connectivity index (χ3v) is 6.78. The molecule has 1 saturated carbocycles. The lowest BCUT2D eigenvalue weighted by atomic mass is 9.58. The van der Waals surface area contributed by atoms with Crippen LogP contribution in [0.3, 0.4) is 0 Å². The fourth-order valence-corrected chi connectivity index (χ4v) is 5.41. The lowest BCUT2D eigenvalue weighted by Crippen LogP contribution is -2.70. The molecule has 6 heteroatoms. The molecule has 0 N–H and O–H groups in total. The molecular weight excluding hydrogens is 364 g/mol. The van der Waals surface area contributed by atoms with Crippen LogP contribution in [-0.4, -0.2) is 35.9 Å². The molecule has 8 atom stereocenters. The van der Waals surface area contributed by atoms with E-state index >= 15 is 0 Å². The summed E-state index contributed by atoms with van der Waals surface area (Å²) in [5.74, 6) is 0.894. The Labute approximate surface area is 146 Å². The van der Waals surface area contributed by atoms with Crippen LogP contribution in [-0.2, 0) is 24.0 Å². The zero-order valence-electron chi connectivity index (χ0n) is 14.1. The highest BCUT2D eigenvalue weighted by Gasteiger charge is 2.69. The third-order valence-electron chi connectivity index (χ3n) is 6.46. The van der Waals surface area contributed by atoms with Crippen LogP contribution >= 0.6 is 15.9 Å². The van der Waals surface area contributed by atoms with Gasteiger partial charge in [0, 0.05) is 23.6 Å². The van der Waals surface area contributed by atoms with Gasteiger partial charge in [0.2, 0.25) is 5.79 Å². The van der Waals surface area contributed by atoms with Crippen molar-refractivity contribution in [3.05, 3.63) is 0 Å². The Bertz CT molecular complexity index is 462. The van der Waals surface area contributed by atoms with Crippen molar-refractivity contribution in [2.24, 2.45) is 23.7 Å². The minimum Gasteiger partial charge on any atom is -0.351 e. The minimum absolute atomic E-state index is 0.242. The molecular formula is C17H27BrO5. The first-order valence-electron chi connectivity index (χ1n) is 8.88. The molecule has 0 aromatic carbocycles. The number of rotatable bonds is 3. The summed E-state index contributed by atoms with van der Waals surface area (Å²) in [4.78, 5) is 11.9. The van der Waals surface area contributed by atoms with Crippen LogP contribution in [0.1, 0.15) is 46.5 Å². The molecule has 0 aromatic rings. The highest BCUT2D eigenvalue weighted by molar-refractivity contribution is 9.09. The Morgan fingerprint density at radius 3 is 2.74 bits per heavy atom. The van der Waals surface area contributed by atoms with Gasteiger partial charge in [-0.25, -0.2) is 9.78 Å². The van der Waals surface area contributed by atoms with Gasteiger partial charge < -0.3 is 14.2 Å². The second-order valence-electron chi connectivity index (χ2n) is 7.83. The molecule has 23 heavy (non-hydrogen) atoms. The number of alkyl halides is 1. The molecule has 5 rings (SSSR count). The Balaban J connectivity index is 1.70. The fraction of sp³-hybridized carbons (Fsp3) is 1.00. The zero-order valence-corrected chi connectivity index (χ0v) is 15.7. The van der Waals surface area contributed by atoms with Crippen LogP contribution in [0, 0.1) is 23.7 Å². The number of hydrogen-bond acceptors (Lipinski definition) is 5. The summed E-state index contributed by atoms with van der Waals surface area (Å²) in [6.45, 7) is 7.13. The first kappa shape index (κ1) is 16.7. The van der Waals surface area contributed by atoms with Crippen molar-refractivity contribution >= 4 is 15.9 Å². The van der Waals surface area contributed by atoms with Crippen molar-refractivity contribution in [3.8, 4) is 0 Å². The molecule has 0 aromatic heterocycles. The number of hydrogen-bond donors (Lipinski definition) is 0. The number of halogens is 1. The van der Waals surface area contributed by atoms with E-state index in [-0.39, 0.29) is 12.2 Å². The van der Waals surface area contributed by atoms with Crippen molar-refractivity contribution in [1.82, 2.24) is 0 Å². The standard InChI is InChI=1S/C17H27BrO5/c1-10-4-5-13-11(2)14(19-9-8-18)20-15-17(13)12(10)6-7-16(3,21-15)22-23-17/h10-15H,4-9H2,1-3H3/t10-,11-,12?,13?,14?,15?,16?,17-/m1/s1. The molecule has 0 radical (unpaired) electrons. The summed E-state index contributed by atoms with van der Waals surface area (Å²) >= 11 is 3.42. The fourth-order valence-electron chi connectivity index (χ4n) is 5.22. The molecule has 5 unspecified atom stereocenters. The molecule has 1 aliphatic carbocycles.